The molecule has 0 bridgehead atoms. The molecule has 1 atom stereocenters. The number of aromatic nitrogens is 2. The summed E-state index contributed by atoms with van der Waals surface area (Å²) >= 11 is 0. The molecule has 0 aliphatic heterocycles. The molecule has 0 aliphatic carbocycles. The minimum Gasteiger partial charge on any atom is -0.496 e. The second-order valence-electron chi connectivity index (χ2n) is 4.50. The van der Waals surface area contributed by atoms with Crippen molar-refractivity contribution in [1.29, 1.82) is 0 Å². The van der Waals surface area contributed by atoms with Crippen LogP contribution in [0.2, 0.25) is 0 Å². The highest BCUT2D eigenvalue weighted by molar-refractivity contribution is 5.85. The predicted molar refractivity (Wildman–Crippen MR) is 83.6 cm³/mol. The molecule has 5 nitrogen and oxygen atoms in total. The van der Waals surface area contributed by atoms with E-state index in [2.05, 4.69) is 9.97 Å². The van der Waals surface area contributed by atoms with Crippen LogP contribution in [-0.4, -0.2) is 31.3 Å². The molecule has 0 aliphatic rings. The lowest BCUT2D eigenvalue weighted by Crippen LogP contribution is -2.05. The van der Waals surface area contributed by atoms with Gasteiger partial charge in [-0.2, -0.15) is 0 Å². The number of H-pyrrole nitrogens is 1. The Bertz CT molecular complexity index is 558. The van der Waals surface area contributed by atoms with E-state index in [1.807, 2.05) is 19.1 Å². The van der Waals surface area contributed by atoms with Gasteiger partial charge in [-0.05, 0) is 19.1 Å². The molecule has 0 fully saturated rings. The average Bonchev–Trinajstić information content (AvgIpc) is 2.98. The monoisotopic (exact) mass is 312 g/mol. The van der Waals surface area contributed by atoms with Gasteiger partial charge in [0, 0.05) is 36.5 Å². The third-order valence-electron chi connectivity index (χ3n) is 3.39. The number of halogens is 1. The first kappa shape index (κ1) is 17.3. The molecule has 21 heavy (non-hydrogen) atoms. The molecule has 0 saturated heterocycles. The zero-order valence-corrected chi connectivity index (χ0v) is 13.5. The number of hydrogen-bond acceptors (Lipinski definition) is 4. The molecule has 1 unspecified atom stereocenters. The van der Waals surface area contributed by atoms with Gasteiger partial charge < -0.3 is 19.2 Å². The van der Waals surface area contributed by atoms with Gasteiger partial charge in [0.05, 0.1) is 26.7 Å². The number of ether oxygens (including phenoxy) is 3. The second-order valence-corrected chi connectivity index (χ2v) is 4.50. The van der Waals surface area contributed by atoms with Crippen LogP contribution in [0.1, 0.15) is 29.8 Å². The predicted octanol–water partition coefficient (Wildman–Crippen LogP) is 3.15. The van der Waals surface area contributed by atoms with Crippen molar-refractivity contribution in [3.05, 3.63) is 41.5 Å². The van der Waals surface area contributed by atoms with Crippen molar-refractivity contribution in [3.8, 4) is 11.5 Å². The first-order valence-corrected chi connectivity index (χ1v) is 6.45. The van der Waals surface area contributed by atoms with E-state index in [0.717, 1.165) is 28.3 Å². The van der Waals surface area contributed by atoms with Gasteiger partial charge >= 0.3 is 0 Å². The van der Waals surface area contributed by atoms with Crippen LogP contribution in [0.3, 0.4) is 0 Å². The van der Waals surface area contributed by atoms with E-state index in [4.69, 9.17) is 14.2 Å². The molecule has 0 radical (unpaired) electrons. The van der Waals surface area contributed by atoms with E-state index in [-0.39, 0.29) is 18.5 Å². The highest BCUT2D eigenvalue weighted by Crippen LogP contribution is 2.37. The Morgan fingerprint density at radius 3 is 2.48 bits per heavy atom. The maximum atomic E-state index is 5.60. The van der Waals surface area contributed by atoms with E-state index in [0.29, 0.717) is 6.42 Å². The topological polar surface area (TPSA) is 56.4 Å². The zero-order valence-electron chi connectivity index (χ0n) is 12.7. The van der Waals surface area contributed by atoms with Crippen LogP contribution in [0.5, 0.6) is 11.5 Å². The number of imidazole rings is 1. The SMILES string of the molecule is COc1ccc(C(C)OC)c(OC)c1Cc1cnc[nH]1.Cl. The molecule has 0 amide bonds. The lowest BCUT2D eigenvalue weighted by Gasteiger charge is -2.19. The average molecular weight is 313 g/mol. The van der Waals surface area contributed by atoms with Crippen molar-refractivity contribution in [2.24, 2.45) is 0 Å². The van der Waals surface area contributed by atoms with Crippen molar-refractivity contribution in [1.82, 2.24) is 9.97 Å². The van der Waals surface area contributed by atoms with Gasteiger partial charge in [0.2, 0.25) is 0 Å². The van der Waals surface area contributed by atoms with Crippen molar-refractivity contribution in [3.63, 3.8) is 0 Å². The maximum absolute atomic E-state index is 5.60. The van der Waals surface area contributed by atoms with E-state index >= 15 is 0 Å². The molecule has 0 saturated carbocycles. The molecular formula is C15H21ClN2O3. The normalized spacial score (nSPS) is 11.6. The Morgan fingerprint density at radius 1 is 1.19 bits per heavy atom. The molecule has 2 rings (SSSR count). The van der Waals surface area contributed by atoms with Gasteiger partial charge in [-0.15, -0.1) is 12.4 Å². The molecule has 116 valence electrons. The van der Waals surface area contributed by atoms with E-state index in [9.17, 15) is 0 Å². The summed E-state index contributed by atoms with van der Waals surface area (Å²) in [6.45, 7) is 1.99. The van der Waals surface area contributed by atoms with Crippen LogP contribution in [0.15, 0.2) is 24.7 Å². The molecule has 0 spiro atoms. The van der Waals surface area contributed by atoms with Crippen molar-refractivity contribution >= 4 is 12.4 Å². The number of nitrogens with zero attached hydrogens (tertiary/aromatic N) is 1. The van der Waals surface area contributed by atoms with Gasteiger partial charge in [-0.3, -0.25) is 0 Å². The summed E-state index contributed by atoms with van der Waals surface area (Å²) in [7, 11) is 5.00. The molecule has 1 heterocycles. The molecule has 1 aromatic heterocycles. The van der Waals surface area contributed by atoms with Gasteiger partial charge in [-0.1, -0.05) is 0 Å². The smallest absolute Gasteiger partial charge is 0.131 e. The number of aromatic amines is 1. The number of rotatable bonds is 6. The van der Waals surface area contributed by atoms with E-state index in [1.165, 1.54) is 0 Å². The summed E-state index contributed by atoms with van der Waals surface area (Å²) < 4.78 is 16.4. The largest absolute Gasteiger partial charge is 0.496 e. The molecular weight excluding hydrogens is 292 g/mol. The summed E-state index contributed by atoms with van der Waals surface area (Å²) in [4.78, 5) is 7.14. The third-order valence-corrected chi connectivity index (χ3v) is 3.39. The summed E-state index contributed by atoms with van der Waals surface area (Å²) in [6, 6.07) is 3.92. The third kappa shape index (κ3) is 3.68. The highest BCUT2D eigenvalue weighted by atomic mass is 35.5. The number of hydrogen-bond donors (Lipinski definition) is 1. The van der Waals surface area contributed by atoms with Crippen LogP contribution in [0.4, 0.5) is 0 Å². The van der Waals surface area contributed by atoms with Crippen LogP contribution < -0.4 is 9.47 Å². The number of nitrogens with one attached hydrogen (secondary N) is 1. The van der Waals surface area contributed by atoms with Gasteiger partial charge in [0.15, 0.2) is 0 Å². The number of methoxy groups -OCH3 is 3. The second kappa shape index (κ2) is 7.90. The molecule has 1 aromatic carbocycles. The van der Waals surface area contributed by atoms with Gasteiger partial charge in [-0.25, -0.2) is 4.98 Å². The minimum atomic E-state index is -0.0450. The van der Waals surface area contributed by atoms with Gasteiger partial charge in [0.25, 0.3) is 0 Å². The summed E-state index contributed by atoms with van der Waals surface area (Å²) in [6.07, 6.45) is 4.08. The minimum absolute atomic E-state index is 0. The van der Waals surface area contributed by atoms with E-state index in [1.54, 1.807) is 33.9 Å². The lowest BCUT2D eigenvalue weighted by molar-refractivity contribution is 0.116. The fourth-order valence-corrected chi connectivity index (χ4v) is 2.25. The lowest BCUT2D eigenvalue weighted by atomic mass is 10.0. The van der Waals surface area contributed by atoms with Crippen molar-refractivity contribution in [2.45, 2.75) is 19.4 Å². The molecule has 6 heteroatoms. The Morgan fingerprint density at radius 2 is 1.95 bits per heavy atom. The van der Waals surface area contributed by atoms with E-state index < -0.39 is 0 Å². The number of benzene rings is 1. The zero-order chi connectivity index (χ0) is 14.5. The summed E-state index contributed by atoms with van der Waals surface area (Å²) in [5, 5.41) is 0. The van der Waals surface area contributed by atoms with Gasteiger partial charge in [0.1, 0.15) is 11.5 Å². The molecule has 1 N–H and O–H groups in total. The Kier molecular flexibility index (Phi) is 6.52. The van der Waals surface area contributed by atoms with Crippen LogP contribution >= 0.6 is 12.4 Å². The van der Waals surface area contributed by atoms with Crippen LogP contribution in [0, 0.1) is 0 Å². The highest BCUT2D eigenvalue weighted by Gasteiger charge is 2.19. The van der Waals surface area contributed by atoms with Crippen molar-refractivity contribution < 1.29 is 14.2 Å². The maximum Gasteiger partial charge on any atom is 0.131 e. The first-order valence-electron chi connectivity index (χ1n) is 6.45. The molecule has 2 aromatic rings. The summed E-state index contributed by atoms with van der Waals surface area (Å²) in [5.74, 6) is 1.59. The van der Waals surface area contributed by atoms with Crippen molar-refractivity contribution in [2.75, 3.05) is 21.3 Å². The standard InChI is InChI=1S/C15H20N2O3.ClH/c1-10(18-2)12-5-6-14(19-3)13(15(12)20-4)7-11-8-16-9-17-11;/h5-6,8-10H,7H2,1-4H3,(H,16,17);1H. The quantitative estimate of drug-likeness (QED) is 0.890. The fraction of sp³-hybridized carbons (Fsp3) is 0.400. The Balaban J connectivity index is 0.00000220. The fourth-order valence-electron chi connectivity index (χ4n) is 2.25. The Hall–Kier alpha value is -1.72. The van der Waals surface area contributed by atoms with Crippen LogP contribution in [-0.2, 0) is 11.2 Å². The van der Waals surface area contributed by atoms with Crippen LogP contribution in [0.25, 0.3) is 0 Å². The summed E-state index contributed by atoms with van der Waals surface area (Å²) in [5.41, 5.74) is 3.00. The Labute approximate surface area is 131 Å². The first-order chi connectivity index (χ1) is 9.71.